The predicted molar refractivity (Wildman–Crippen MR) is 165 cm³/mol. The fourth-order valence-electron chi connectivity index (χ4n) is 7.22. The summed E-state index contributed by atoms with van der Waals surface area (Å²) in [4.78, 5) is 4.39. The fourth-order valence-corrected chi connectivity index (χ4v) is 11.8. The van der Waals surface area contributed by atoms with Crippen molar-refractivity contribution in [1.29, 1.82) is 0 Å². The van der Waals surface area contributed by atoms with Crippen molar-refractivity contribution in [2.45, 2.75) is 75.9 Å². The van der Waals surface area contributed by atoms with Gasteiger partial charge in [-0.15, -0.1) is 0 Å². The van der Waals surface area contributed by atoms with Gasteiger partial charge in [-0.2, -0.15) is 0 Å². The number of fused-ring (bicyclic) bond motifs is 2. The second-order valence-corrected chi connectivity index (χ2v) is 17.1. The zero-order chi connectivity index (χ0) is 29.3. The van der Waals surface area contributed by atoms with Crippen molar-refractivity contribution in [3.05, 3.63) is 114 Å². The molecule has 0 spiro atoms. The zero-order valence-electron chi connectivity index (χ0n) is 24.6. The Bertz CT molecular complexity index is 1430. The molecule has 0 aliphatic carbocycles. The van der Waals surface area contributed by atoms with E-state index in [1.54, 1.807) is 0 Å². The molecule has 7 heteroatoms. The van der Waals surface area contributed by atoms with Gasteiger partial charge in [-0.1, -0.05) is 106 Å². The first kappa shape index (κ1) is 29.0. The Morgan fingerprint density at radius 2 is 1.52 bits per heavy atom. The molecule has 2 aliphatic heterocycles. The maximum absolute atomic E-state index is 9.53. The zero-order valence-corrected chi connectivity index (χ0v) is 25.6. The Morgan fingerprint density at radius 1 is 0.881 bits per heavy atom. The van der Waals surface area contributed by atoms with Crippen LogP contribution < -0.4 is 10.4 Å². The molecule has 0 radical (unpaired) electrons. The summed E-state index contributed by atoms with van der Waals surface area (Å²) >= 11 is 0. The molecular formula is C35H41NO5Si. The van der Waals surface area contributed by atoms with Crippen LogP contribution >= 0.6 is 0 Å². The van der Waals surface area contributed by atoms with E-state index >= 15 is 0 Å². The van der Waals surface area contributed by atoms with E-state index < -0.39 is 14.6 Å². The molecule has 2 saturated heterocycles. The van der Waals surface area contributed by atoms with E-state index in [2.05, 4.69) is 111 Å². The molecule has 2 bridgehead atoms. The third-order valence-electron chi connectivity index (χ3n) is 9.10. The van der Waals surface area contributed by atoms with Crippen molar-refractivity contribution in [1.82, 2.24) is 4.98 Å². The number of hydrogen-bond donors (Lipinski definition) is 2. The van der Waals surface area contributed by atoms with E-state index in [-0.39, 0.29) is 34.8 Å². The van der Waals surface area contributed by atoms with Crippen LogP contribution in [0.5, 0.6) is 0 Å². The van der Waals surface area contributed by atoms with Gasteiger partial charge in [-0.3, -0.25) is 0 Å². The lowest BCUT2D eigenvalue weighted by Gasteiger charge is -2.43. The number of aromatic nitrogens is 1. The summed E-state index contributed by atoms with van der Waals surface area (Å²) in [5.74, 6) is 0.790. The molecule has 2 fully saturated rings. The van der Waals surface area contributed by atoms with Crippen LogP contribution in [0, 0.1) is 5.92 Å². The van der Waals surface area contributed by atoms with Crippen molar-refractivity contribution in [3.63, 3.8) is 0 Å². The van der Waals surface area contributed by atoms with E-state index in [9.17, 15) is 10.2 Å². The minimum Gasteiger partial charge on any atom is -0.448 e. The highest BCUT2D eigenvalue weighted by molar-refractivity contribution is 6.99. The van der Waals surface area contributed by atoms with Crippen LogP contribution in [-0.4, -0.2) is 42.3 Å². The van der Waals surface area contributed by atoms with E-state index in [1.807, 2.05) is 0 Å². The first-order valence-corrected chi connectivity index (χ1v) is 17.0. The molecule has 2 aliphatic rings. The summed E-state index contributed by atoms with van der Waals surface area (Å²) < 4.78 is 19.2. The Hall–Kier alpha value is -3.07. The van der Waals surface area contributed by atoms with Crippen molar-refractivity contribution in [2.24, 2.45) is 5.92 Å². The minimum atomic E-state index is -2.58. The molecule has 4 atom stereocenters. The third kappa shape index (κ3) is 5.52. The van der Waals surface area contributed by atoms with Crippen LogP contribution in [0.3, 0.4) is 0 Å². The van der Waals surface area contributed by atoms with Crippen LogP contribution in [0.4, 0.5) is 0 Å². The molecule has 1 aromatic heterocycles. The molecule has 1 unspecified atom stereocenters. The van der Waals surface area contributed by atoms with Gasteiger partial charge in [0.05, 0.1) is 18.1 Å². The summed E-state index contributed by atoms with van der Waals surface area (Å²) in [6.07, 6.45) is 3.63. The number of ether oxygens (including phenoxy) is 1. The molecule has 0 saturated carbocycles. The number of rotatable bonds is 10. The van der Waals surface area contributed by atoms with Crippen molar-refractivity contribution in [2.75, 3.05) is 6.61 Å². The summed E-state index contributed by atoms with van der Waals surface area (Å²) in [6, 6.07) is 30.4. The first-order valence-electron chi connectivity index (χ1n) is 15.1. The Labute approximate surface area is 249 Å². The Balaban J connectivity index is 1.20. The SMILES string of the molecule is CC(C)(C)[Si](OCCc1cccc(C[C@H]2[C@@H]3CCC(O3)[C@H]2c2nc(C(O)O)co2)c1)(c1ccccc1)c1ccccc1. The van der Waals surface area contributed by atoms with Crippen molar-refractivity contribution < 1.29 is 23.8 Å². The fraction of sp³-hybridized carbons (Fsp3) is 0.400. The van der Waals surface area contributed by atoms with Gasteiger partial charge in [-0.05, 0) is 52.2 Å². The molecule has 0 amide bonds. The van der Waals surface area contributed by atoms with E-state index in [4.69, 9.17) is 13.6 Å². The maximum atomic E-state index is 9.53. The third-order valence-corrected chi connectivity index (χ3v) is 14.1. The quantitative estimate of drug-likeness (QED) is 0.195. The van der Waals surface area contributed by atoms with Gasteiger partial charge in [-0.25, -0.2) is 4.98 Å². The molecule has 3 heterocycles. The van der Waals surface area contributed by atoms with E-state index in [0.717, 1.165) is 25.7 Å². The number of aliphatic hydroxyl groups is 2. The van der Waals surface area contributed by atoms with E-state index in [0.29, 0.717) is 12.5 Å². The molecule has 2 N–H and O–H groups in total. The second-order valence-electron chi connectivity index (χ2n) is 12.8. The molecule has 3 aromatic carbocycles. The van der Waals surface area contributed by atoms with Gasteiger partial charge >= 0.3 is 0 Å². The normalized spacial score (nSPS) is 22.2. The van der Waals surface area contributed by atoms with Crippen LogP contribution in [0.25, 0.3) is 0 Å². The summed E-state index contributed by atoms with van der Waals surface area (Å²) in [6.45, 7) is 7.57. The number of benzene rings is 3. The van der Waals surface area contributed by atoms with Gasteiger partial charge in [0, 0.05) is 12.5 Å². The number of oxazole rings is 1. The van der Waals surface area contributed by atoms with Gasteiger partial charge in [0.2, 0.25) is 5.89 Å². The lowest BCUT2D eigenvalue weighted by molar-refractivity contribution is -0.0459. The van der Waals surface area contributed by atoms with Crippen LogP contribution in [0.15, 0.2) is 95.6 Å². The standard InChI is InChI=1S/C35H41NO5Si/c1-35(2,3)42(26-13-6-4-7-14-26,27-15-8-5-9-16-27)40-20-19-24-11-10-12-25(21-24)22-28-30-17-18-31(41-30)32(28)33-36-29(23-39-33)34(37)38/h4-16,21,23,28,30-32,34,37-38H,17-20,22H2,1-3H3/t28-,30-,31?,32-/m0/s1. The summed E-state index contributed by atoms with van der Waals surface area (Å²) in [5.41, 5.74) is 2.67. The predicted octanol–water partition coefficient (Wildman–Crippen LogP) is 5.28. The van der Waals surface area contributed by atoms with Crippen molar-refractivity contribution in [3.8, 4) is 0 Å². The maximum Gasteiger partial charge on any atom is 0.261 e. The Morgan fingerprint density at radius 3 is 2.14 bits per heavy atom. The van der Waals surface area contributed by atoms with Crippen LogP contribution in [0.2, 0.25) is 5.04 Å². The highest BCUT2D eigenvalue weighted by atomic mass is 28.4. The largest absolute Gasteiger partial charge is 0.448 e. The average Bonchev–Trinajstić information content (AvgIpc) is 3.73. The molecule has 220 valence electrons. The van der Waals surface area contributed by atoms with Gasteiger partial charge in [0.25, 0.3) is 8.32 Å². The number of aliphatic hydroxyl groups excluding tert-OH is 1. The molecule has 4 aromatic rings. The van der Waals surface area contributed by atoms with Gasteiger partial charge < -0.3 is 23.8 Å². The summed E-state index contributed by atoms with van der Waals surface area (Å²) in [5, 5.41) is 21.6. The number of hydrogen-bond acceptors (Lipinski definition) is 6. The lowest BCUT2D eigenvalue weighted by atomic mass is 9.76. The molecular weight excluding hydrogens is 542 g/mol. The van der Waals surface area contributed by atoms with Crippen molar-refractivity contribution >= 4 is 18.7 Å². The lowest BCUT2D eigenvalue weighted by Crippen LogP contribution is -2.66. The Kier molecular flexibility index (Phi) is 8.22. The highest BCUT2D eigenvalue weighted by Gasteiger charge is 2.52. The first-order chi connectivity index (χ1) is 20.3. The van der Waals surface area contributed by atoms with Crippen LogP contribution in [-0.2, 0) is 22.0 Å². The smallest absolute Gasteiger partial charge is 0.261 e. The average molecular weight is 584 g/mol. The summed E-state index contributed by atoms with van der Waals surface area (Å²) in [7, 11) is -2.58. The monoisotopic (exact) mass is 583 g/mol. The van der Waals surface area contributed by atoms with E-state index in [1.165, 1.54) is 27.8 Å². The molecule has 6 nitrogen and oxygen atoms in total. The van der Waals surface area contributed by atoms with Crippen LogP contribution in [0.1, 0.15) is 68.5 Å². The topological polar surface area (TPSA) is 85.0 Å². The molecule has 42 heavy (non-hydrogen) atoms. The van der Waals surface area contributed by atoms with Gasteiger partial charge in [0.1, 0.15) is 12.0 Å². The molecule has 6 rings (SSSR count). The number of nitrogens with zero attached hydrogens (tertiary/aromatic N) is 1. The highest BCUT2D eigenvalue weighted by Crippen LogP contribution is 2.50. The van der Waals surface area contributed by atoms with Gasteiger partial charge in [0.15, 0.2) is 6.29 Å². The minimum absolute atomic E-state index is 0.0124. The second kappa shape index (κ2) is 11.9.